The molecule has 0 atom stereocenters. The number of hydrogen-bond donors (Lipinski definition) is 2. The third-order valence-electron chi connectivity index (χ3n) is 8.14. The predicted octanol–water partition coefficient (Wildman–Crippen LogP) is 4.89. The highest BCUT2D eigenvalue weighted by Crippen LogP contribution is 2.32. The number of nitrogens with two attached hydrogens (primary N) is 1. The van der Waals surface area contributed by atoms with Crippen molar-refractivity contribution in [2.75, 3.05) is 54.4 Å². The van der Waals surface area contributed by atoms with E-state index in [2.05, 4.69) is 46.1 Å². The Bertz CT molecular complexity index is 1420. The number of aromatic nitrogens is 1. The number of nitriles is 1. The predicted molar refractivity (Wildman–Crippen MR) is 163 cm³/mol. The van der Waals surface area contributed by atoms with Crippen LogP contribution in [0.1, 0.15) is 45.5 Å². The molecular weight excluding hydrogens is 518 g/mol. The van der Waals surface area contributed by atoms with E-state index in [0.717, 1.165) is 88.9 Å². The van der Waals surface area contributed by atoms with E-state index in [1.165, 1.54) is 11.9 Å². The Labute approximate surface area is 241 Å². The zero-order valence-corrected chi connectivity index (χ0v) is 24.3. The molecule has 208 valence electrons. The molecule has 2 fully saturated rings. The summed E-state index contributed by atoms with van der Waals surface area (Å²) in [5.74, 6) is 0.980. The second-order valence-electron chi connectivity index (χ2n) is 10.6. The first kappa shape index (κ1) is 27.8. The second-order valence-corrected chi connectivity index (χ2v) is 11.3. The number of anilines is 3. The number of piperazine rings is 1. The molecule has 0 spiro atoms. The standard InChI is InChI=1S/C31H37N7OS/c1-21-19-22(2)29(35-25-10-13-36(14-11-25)26-8-5-4-7-24(26)20-32)23(3)28(21)31(39)38-17-15-37(16-18-38)30-27(40-33)9-6-12-34-30/h4-9,12,19,25,35H,10-11,13-18,33H2,1-3H3. The molecule has 0 aliphatic carbocycles. The number of aryl methyl sites for hydroxylation is 2. The summed E-state index contributed by atoms with van der Waals surface area (Å²) < 4.78 is 0. The first-order chi connectivity index (χ1) is 19.4. The number of rotatable bonds is 6. The maximum atomic E-state index is 13.8. The maximum Gasteiger partial charge on any atom is 0.254 e. The van der Waals surface area contributed by atoms with Crippen LogP contribution in [0.15, 0.2) is 53.6 Å². The second kappa shape index (κ2) is 12.2. The normalized spacial score (nSPS) is 16.1. The molecule has 0 bridgehead atoms. The summed E-state index contributed by atoms with van der Waals surface area (Å²) in [7, 11) is 0. The molecule has 5 rings (SSSR count). The summed E-state index contributed by atoms with van der Waals surface area (Å²) >= 11 is 1.21. The third kappa shape index (κ3) is 5.60. The average Bonchev–Trinajstić information content (AvgIpc) is 2.99. The van der Waals surface area contributed by atoms with Crippen molar-refractivity contribution in [1.82, 2.24) is 9.88 Å². The van der Waals surface area contributed by atoms with Crippen molar-refractivity contribution in [2.45, 2.75) is 44.6 Å². The topological polar surface area (TPSA) is 102 Å². The number of pyridine rings is 1. The van der Waals surface area contributed by atoms with E-state index in [1.807, 2.05) is 48.2 Å². The highest BCUT2D eigenvalue weighted by molar-refractivity contribution is 7.97. The fraction of sp³-hybridized carbons (Fsp3) is 0.387. The van der Waals surface area contributed by atoms with Gasteiger partial charge in [0.25, 0.3) is 5.91 Å². The van der Waals surface area contributed by atoms with Gasteiger partial charge < -0.3 is 20.0 Å². The Morgan fingerprint density at radius 3 is 2.42 bits per heavy atom. The quantitative estimate of drug-likeness (QED) is 0.415. The van der Waals surface area contributed by atoms with Crippen LogP contribution in [-0.2, 0) is 0 Å². The molecule has 2 saturated heterocycles. The number of carbonyl (C=O) groups excluding carboxylic acids is 1. The van der Waals surface area contributed by atoms with Gasteiger partial charge in [0.05, 0.1) is 16.1 Å². The van der Waals surface area contributed by atoms with E-state index in [-0.39, 0.29) is 5.91 Å². The van der Waals surface area contributed by atoms with Crippen molar-refractivity contribution in [2.24, 2.45) is 5.14 Å². The van der Waals surface area contributed by atoms with E-state index in [9.17, 15) is 10.1 Å². The van der Waals surface area contributed by atoms with E-state index in [0.29, 0.717) is 19.1 Å². The summed E-state index contributed by atoms with van der Waals surface area (Å²) in [6.07, 6.45) is 3.72. The van der Waals surface area contributed by atoms with E-state index in [1.54, 1.807) is 6.20 Å². The van der Waals surface area contributed by atoms with Gasteiger partial charge in [0.2, 0.25) is 0 Å². The number of benzene rings is 2. The van der Waals surface area contributed by atoms with Crippen molar-refractivity contribution >= 4 is 35.0 Å². The molecule has 1 amide bonds. The Balaban J connectivity index is 1.26. The molecule has 3 aromatic rings. The summed E-state index contributed by atoms with van der Waals surface area (Å²) in [5, 5.41) is 19.1. The van der Waals surface area contributed by atoms with Gasteiger partial charge in [-0.15, -0.1) is 0 Å². The van der Waals surface area contributed by atoms with Gasteiger partial charge in [-0.1, -0.05) is 18.2 Å². The molecule has 0 saturated carbocycles. The molecule has 40 heavy (non-hydrogen) atoms. The first-order valence-corrected chi connectivity index (χ1v) is 14.8. The van der Waals surface area contributed by atoms with E-state index in [4.69, 9.17) is 5.14 Å². The van der Waals surface area contributed by atoms with Crippen LogP contribution in [-0.4, -0.2) is 61.1 Å². The summed E-state index contributed by atoms with van der Waals surface area (Å²) in [6.45, 7) is 10.7. The van der Waals surface area contributed by atoms with Gasteiger partial charge in [0.15, 0.2) is 0 Å². The van der Waals surface area contributed by atoms with Crippen LogP contribution in [0.5, 0.6) is 0 Å². The SMILES string of the molecule is Cc1cc(C)c(C(=O)N2CCN(c3ncccc3SN)CC2)c(C)c1NC1CCN(c2ccccc2C#N)CC1. The molecule has 3 N–H and O–H groups in total. The Morgan fingerprint density at radius 2 is 1.73 bits per heavy atom. The lowest BCUT2D eigenvalue weighted by Crippen LogP contribution is -2.49. The van der Waals surface area contributed by atoms with Gasteiger partial charge in [0, 0.05) is 62.8 Å². The zero-order valence-electron chi connectivity index (χ0n) is 23.5. The lowest BCUT2D eigenvalue weighted by atomic mass is 9.94. The Morgan fingerprint density at radius 1 is 1.00 bits per heavy atom. The van der Waals surface area contributed by atoms with Crippen LogP contribution < -0.4 is 20.3 Å². The number of piperidine rings is 1. The maximum absolute atomic E-state index is 13.8. The minimum Gasteiger partial charge on any atom is -0.382 e. The Kier molecular flexibility index (Phi) is 8.48. The summed E-state index contributed by atoms with van der Waals surface area (Å²) in [5.41, 5.74) is 6.81. The molecule has 3 heterocycles. The molecule has 2 aromatic carbocycles. The lowest BCUT2D eigenvalue weighted by Gasteiger charge is -2.37. The fourth-order valence-corrected chi connectivity index (χ4v) is 6.49. The molecule has 2 aliphatic rings. The van der Waals surface area contributed by atoms with Gasteiger partial charge in [-0.05, 0) is 86.5 Å². The third-order valence-corrected chi connectivity index (χ3v) is 8.71. The minimum atomic E-state index is 0.0927. The van der Waals surface area contributed by atoms with Crippen molar-refractivity contribution in [3.05, 3.63) is 76.5 Å². The summed E-state index contributed by atoms with van der Waals surface area (Å²) in [4.78, 5) is 25.8. The molecule has 8 nitrogen and oxygen atoms in total. The largest absolute Gasteiger partial charge is 0.382 e. The van der Waals surface area contributed by atoms with Gasteiger partial charge in [-0.3, -0.25) is 9.93 Å². The van der Waals surface area contributed by atoms with Crippen molar-refractivity contribution < 1.29 is 4.79 Å². The van der Waals surface area contributed by atoms with Crippen LogP contribution in [0, 0.1) is 32.1 Å². The number of hydrogen-bond acceptors (Lipinski definition) is 8. The summed E-state index contributed by atoms with van der Waals surface area (Å²) in [6, 6.07) is 16.5. The van der Waals surface area contributed by atoms with Gasteiger partial charge in [-0.2, -0.15) is 5.26 Å². The number of nitrogens with one attached hydrogen (secondary N) is 1. The van der Waals surface area contributed by atoms with Crippen LogP contribution in [0.4, 0.5) is 17.2 Å². The van der Waals surface area contributed by atoms with E-state index < -0.39 is 0 Å². The minimum absolute atomic E-state index is 0.0927. The molecule has 1 aromatic heterocycles. The van der Waals surface area contributed by atoms with Crippen LogP contribution in [0.2, 0.25) is 0 Å². The zero-order chi connectivity index (χ0) is 28.2. The van der Waals surface area contributed by atoms with Crippen LogP contribution in [0.25, 0.3) is 0 Å². The van der Waals surface area contributed by atoms with Crippen LogP contribution >= 0.6 is 11.9 Å². The molecule has 0 radical (unpaired) electrons. The number of amides is 1. The monoisotopic (exact) mass is 555 g/mol. The van der Waals surface area contributed by atoms with Crippen LogP contribution in [0.3, 0.4) is 0 Å². The van der Waals surface area contributed by atoms with Crippen molar-refractivity contribution in [3.63, 3.8) is 0 Å². The molecular formula is C31H37N7OS. The van der Waals surface area contributed by atoms with E-state index >= 15 is 0 Å². The van der Waals surface area contributed by atoms with Crippen molar-refractivity contribution in [1.29, 1.82) is 5.26 Å². The highest BCUT2D eigenvalue weighted by atomic mass is 32.2. The number of carbonyl (C=O) groups is 1. The first-order valence-electron chi connectivity index (χ1n) is 13.9. The lowest BCUT2D eigenvalue weighted by molar-refractivity contribution is 0.0745. The molecule has 2 aliphatic heterocycles. The highest BCUT2D eigenvalue weighted by Gasteiger charge is 2.28. The number of nitrogens with zero attached hydrogens (tertiary/aromatic N) is 5. The van der Waals surface area contributed by atoms with Gasteiger partial charge >= 0.3 is 0 Å². The van der Waals surface area contributed by atoms with Gasteiger partial charge in [0.1, 0.15) is 11.9 Å². The Hall–Kier alpha value is -3.74. The molecule has 0 unspecified atom stereocenters. The fourth-order valence-electron chi connectivity index (χ4n) is 6.04. The average molecular weight is 556 g/mol. The smallest absolute Gasteiger partial charge is 0.254 e. The van der Waals surface area contributed by atoms with Crippen molar-refractivity contribution in [3.8, 4) is 6.07 Å². The number of para-hydroxylation sites is 1. The van der Waals surface area contributed by atoms with Gasteiger partial charge in [-0.25, -0.2) is 4.98 Å². The molecule has 9 heteroatoms.